The third-order valence-electron chi connectivity index (χ3n) is 6.71. The van der Waals surface area contributed by atoms with Gasteiger partial charge in [0.1, 0.15) is 17.2 Å². The van der Waals surface area contributed by atoms with Crippen LogP contribution in [0.4, 0.5) is 0 Å². The first-order chi connectivity index (χ1) is 20.0. The molecule has 2 rings (SSSR count). The van der Waals surface area contributed by atoms with Gasteiger partial charge in [0.15, 0.2) is 6.61 Å². The minimum Gasteiger partial charge on any atom is -0.494 e. The first kappa shape index (κ1) is 37.6. The Morgan fingerprint density at radius 2 is 1.26 bits per heavy atom. The van der Waals surface area contributed by atoms with Crippen molar-refractivity contribution in [2.75, 3.05) is 19.8 Å². The topological polar surface area (TPSA) is 107 Å². The molecule has 0 bridgehead atoms. The molecule has 43 heavy (non-hydrogen) atoms. The molecule has 10 heteroatoms. The van der Waals surface area contributed by atoms with Crippen molar-refractivity contribution in [2.24, 2.45) is 10.9 Å². The van der Waals surface area contributed by atoms with Crippen molar-refractivity contribution < 1.29 is 23.8 Å². The quantitative estimate of drug-likeness (QED) is 0.0963. The predicted octanol–water partition coefficient (Wildman–Crippen LogP) is 6.31. The highest BCUT2D eigenvalue weighted by atomic mass is 35.5. The van der Waals surface area contributed by atoms with E-state index in [1.807, 2.05) is 84.6 Å². The fourth-order valence-electron chi connectivity index (χ4n) is 4.98. The summed E-state index contributed by atoms with van der Waals surface area (Å²) in [5, 5.41) is 3.51. The Bertz CT molecular complexity index is 1140. The summed E-state index contributed by atoms with van der Waals surface area (Å²) < 4.78 is 17.8. The molecule has 0 spiro atoms. The molecule has 0 unspecified atom stereocenters. The Morgan fingerprint density at radius 3 is 1.77 bits per heavy atom. The van der Waals surface area contributed by atoms with E-state index in [1.165, 1.54) is 0 Å². The summed E-state index contributed by atoms with van der Waals surface area (Å²) in [6.07, 6.45) is 4.26. The van der Waals surface area contributed by atoms with E-state index in [4.69, 9.17) is 20.1 Å². The van der Waals surface area contributed by atoms with E-state index in [2.05, 4.69) is 5.10 Å². The van der Waals surface area contributed by atoms with Crippen LogP contribution in [0.5, 0.6) is 17.2 Å². The number of rotatable bonds is 17. The molecule has 2 N–H and O–H groups in total. The standard InChI is InChI=1S/C33H50N4O5.ClH/c1-23(2)36(24(3)4)32(38)22-42-31-20-29(16-17-30(31)33(39)37(25(5)6)26(7)8)41-19-11-9-10-18-40-28-14-12-27(13-15-28)21-35-34;/h12-17,20-21,23-26H,9-11,18-19,22,34H2,1-8H3;1H. The fraction of sp³-hybridized carbons (Fsp3) is 0.545. The van der Waals surface area contributed by atoms with Crippen molar-refractivity contribution in [3.05, 3.63) is 53.6 Å². The van der Waals surface area contributed by atoms with E-state index >= 15 is 0 Å². The van der Waals surface area contributed by atoms with E-state index < -0.39 is 0 Å². The number of benzene rings is 2. The Morgan fingerprint density at radius 1 is 0.744 bits per heavy atom. The van der Waals surface area contributed by atoms with Gasteiger partial charge in [0.05, 0.1) is 25.0 Å². The van der Waals surface area contributed by atoms with Crippen LogP contribution in [-0.4, -0.2) is 71.8 Å². The molecule has 0 atom stereocenters. The van der Waals surface area contributed by atoms with E-state index in [0.717, 1.165) is 30.6 Å². The smallest absolute Gasteiger partial charge is 0.260 e. The molecule has 0 fully saturated rings. The van der Waals surface area contributed by atoms with Gasteiger partial charge >= 0.3 is 0 Å². The molecular weight excluding hydrogens is 568 g/mol. The first-order valence-corrected chi connectivity index (χ1v) is 15.0. The number of nitrogens with two attached hydrogens (primary N) is 1. The monoisotopic (exact) mass is 618 g/mol. The summed E-state index contributed by atoms with van der Waals surface area (Å²) >= 11 is 0. The highest BCUT2D eigenvalue weighted by Gasteiger charge is 2.26. The Kier molecular flexibility index (Phi) is 16.6. The van der Waals surface area contributed by atoms with Crippen molar-refractivity contribution in [3.8, 4) is 17.2 Å². The number of ether oxygens (including phenoxy) is 3. The third kappa shape index (κ3) is 12.0. The van der Waals surface area contributed by atoms with Crippen LogP contribution < -0.4 is 20.1 Å². The van der Waals surface area contributed by atoms with Crippen LogP contribution in [0.3, 0.4) is 0 Å². The van der Waals surface area contributed by atoms with Gasteiger partial charge in [-0.15, -0.1) is 12.4 Å². The zero-order chi connectivity index (χ0) is 31.2. The lowest BCUT2D eigenvalue weighted by atomic mass is 10.1. The maximum absolute atomic E-state index is 13.6. The molecule has 0 aromatic heterocycles. The lowest BCUT2D eigenvalue weighted by Gasteiger charge is -2.32. The minimum absolute atomic E-state index is 0. The van der Waals surface area contributed by atoms with Gasteiger partial charge in [0.25, 0.3) is 11.8 Å². The highest BCUT2D eigenvalue weighted by molar-refractivity contribution is 5.97. The van der Waals surface area contributed by atoms with Gasteiger partial charge in [0.2, 0.25) is 0 Å². The van der Waals surface area contributed by atoms with Crippen molar-refractivity contribution in [3.63, 3.8) is 0 Å². The molecule has 0 heterocycles. The molecule has 9 nitrogen and oxygen atoms in total. The van der Waals surface area contributed by atoms with E-state index in [0.29, 0.717) is 30.3 Å². The second kappa shape index (κ2) is 18.9. The number of carbonyl (C=O) groups is 2. The SMILES string of the molecule is CC(C)N(C(=O)COc1cc(OCCCCCOc2ccc(C=NN)cc2)ccc1C(=O)N(C(C)C)C(C)C)C(C)C.Cl. The molecule has 0 saturated carbocycles. The van der Waals surface area contributed by atoms with Gasteiger partial charge in [-0.3, -0.25) is 9.59 Å². The molecular formula is C33H51ClN4O5. The van der Waals surface area contributed by atoms with Crippen molar-refractivity contribution in [1.29, 1.82) is 0 Å². The maximum Gasteiger partial charge on any atom is 0.260 e. The van der Waals surface area contributed by atoms with Gasteiger partial charge < -0.3 is 29.9 Å². The Hall–Kier alpha value is -3.46. The molecule has 0 saturated heterocycles. The van der Waals surface area contributed by atoms with Crippen LogP contribution in [0.1, 0.15) is 90.6 Å². The first-order valence-electron chi connectivity index (χ1n) is 15.0. The molecule has 0 aliphatic heterocycles. The number of hydrogen-bond acceptors (Lipinski definition) is 7. The summed E-state index contributed by atoms with van der Waals surface area (Å²) in [7, 11) is 0. The second-order valence-electron chi connectivity index (χ2n) is 11.4. The average molecular weight is 619 g/mol. The molecule has 2 amide bonds. The fourth-order valence-corrected chi connectivity index (χ4v) is 4.98. The predicted molar refractivity (Wildman–Crippen MR) is 176 cm³/mol. The number of amides is 2. The van der Waals surface area contributed by atoms with Crippen molar-refractivity contribution >= 4 is 30.4 Å². The largest absolute Gasteiger partial charge is 0.494 e. The van der Waals surface area contributed by atoms with E-state index in [1.54, 1.807) is 29.3 Å². The van der Waals surface area contributed by atoms with Crippen molar-refractivity contribution in [2.45, 2.75) is 98.8 Å². The number of halogens is 1. The summed E-state index contributed by atoms with van der Waals surface area (Å²) in [6.45, 7) is 16.8. The summed E-state index contributed by atoms with van der Waals surface area (Å²) in [5.74, 6) is 6.66. The molecule has 0 radical (unpaired) electrons. The maximum atomic E-state index is 13.6. The third-order valence-corrected chi connectivity index (χ3v) is 6.71. The number of carbonyl (C=O) groups excluding carboxylic acids is 2. The van der Waals surface area contributed by atoms with E-state index in [9.17, 15) is 9.59 Å². The van der Waals surface area contributed by atoms with Gasteiger partial charge in [-0.05, 0) is 117 Å². The van der Waals surface area contributed by atoms with Crippen LogP contribution in [0.2, 0.25) is 0 Å². The molecule has 0 aliphatic rings. The molecule has 2 aromatic carbocycles. The summed E-state index contributed by atoms with van der Waals surface area (Å²) in [5.41, 5.74) is 1.34. The van der Waals surface area contributed by atoms with Crippen LogP contribution in [-0.2, 0) is 4.79 Å². The van der Waals surface area contributed by atoms with Gasteiger partial charge in [-0.2, -0.15) is 5.10 Å². The summed E-state index contributed by atoms with van der Waals surface area (Å²) in [6, 6.07) is 12.9. The minimum atomic E-state index is -0.160. The van der Waals surface area contributed by atoms with Gasteiger partial charge in [-0.25, -0.2) is 0 Å². The van der Waals surface area contributed by atoms with Crippen LogP contribution >= 0.6 is 12.4 Å². The summed E-state index contributed by atoms with van der Waals surface area (Å²) in [4.78, 5) is 30.1. The van der Waals surface area contributed by atoms with Crippen LogP contribution in [0.25, 0.3) is 0 Å². The number of hydrazone groups is 1. The van der Waals surface area contributed by atoms with Gasteiger partial charge in [-0.1, -0.05) is 0 Å². The zero-order valence-corrected chi connectivity index (χ0v) is 27.9. The van der Waals surface area contributed by atoms with E-state index in [-0.39, 0.29) is 55.0 Å². The molecule has 0 aliphatic carbocycles. The lowest BCUT2D eigenvalue weighted by Crippen LogP contribution is -2.44. The average Bonchev–Trinajstić information content (AvgIpc) is 2.91. The zero-order valence-electron chi connectivity index (χ0n) is 27.0. The lowest BCUT2D eigenvalue weighted by molar-refractivity contribution is -0.137. The molecule has 240 valence electrons. The Balaban J connectivity index is 0.00000924. The number of nitrogens with zero attached hydrogens (tertiary/aromatic N) is 3. The number of hydrogen-bond donors (Lipinski definition) is 1. The Labute approximate surface area is 264 Å². The van der Waals surface area contributed by atoms with Crippen molar-refractivity contribution in [1.82, 2.24) is 9.80 Å². The van der Waals surface area contributed by atoms with Crippen LogP contribution in [0.15, 0.2) is 47.6 Å². The normalized spacial score (nSPS) is 11.3. The van der Waals surface area contributed by atoms with Crippen LogP contribution in [0, 0.1) is 0 Å². The van der Waals surface area contributed by atoms with Gasteiger partial charge in [0, 0.05) is 30.2 Å². The number of unbranched alkanes of at least 4 members (excludes halogenated alkanes) is 2. The molecule has 2 aromatic rings. The second-order valence-corrected chi connectivity index (χ2v) is 11.4. The highest BCUT2D eigenvalue weighted by Crippen LogP contribution is 2.28.